The number of nitrogens with zero attached hydrogens (tertiary/aromatic N) is 2. The SMILES string of the molecule is CCOC(=O)C1=C(C)N=c2s/c(=C/c3ccc(-c4ccc(C(C)=O)cc4)o3)c(=O)n2[C@@H]1c1ccc(OC)cc1. The van der Waals surface area contributed by atoms with Gasteiger partial charge in [-0.3, -0.25) is 14.2 Å². The molecular weight excluding hydrogens is 516 g/mol. The van der Waals surface area contributed by atoms with E-state index < -0.39 is 12.0 Å². The summed E-state index contributed by atoms with van der Waals surface area (Å²) in [6, 6.07) is 17.3. The van der Waals surface area contributed by atoms with E-state index in [0.29, 0.717) is 43.4 Å². The summed E-state index contributed by atoms with van der Waals surface area (Å²) in [7, 11) is 1.58. The Kier molecular flexibility index (Phi) is 7.17. The third kappa shape index (κ3) is 5.00. The molecule has 0 saturated heterocycles. The number of thiazole rings is 1. The molecule has 0 amide bonds. The number of methoxy groups -OCH3 is 1. The number of fused-ring (bicyclic) bond motifs is 1. The van der Waals surface area contributed by atoms with Gasteiger partial charge in [-0.05, 0) is 50.6 Å². The van der Waals surface area contributed by atoms with Gasteiger partial charge in [0, 0.05) is 17.2 Å². The molecule has 0 spiro atoms. The van der Waals surface area contributed by atoms with Crippen molar-refractivity contribution in [3.8, 4) is 17.1 Å². The summed E-state index contributed by atoms with van der Waals surface area (Å²) in [6.45, 7) is 5.21. The average molecular weight is 543 g/mol. The normalized spacial score (nSPS) is 15.1. The van der Waals surface area contributed by atoms with Gasteiger partial charge in [0.1, 0.15) is 17.3 Å². The molecule has 1 aliphatic heterocycles. The lowest BCUT2D eigenvalue weighted by Crippen LogP contribution is -2.39. The number of furan rings is 1. The van der Waals surface area contributed by atoms with E-state index in [1.165, 1.54) is 22.8 Å². The van der Waals surface area contributed by atoms with Gasteiger partial charge in [0.05, 0.1) is 35.6 Å². The summed E-state index contributed by atoms with van der Waals surface area (Å²) in [5.74, 6) is 1.25. The number of hydrogen-bond donors (Lipinski definition) is 0. The number of Topliss-reactive ketones (excluding diaryl/α,β-unsaturated/α-hetero) is 1. The van der Waals surface area contributed by atoms with Crippen LogP contribution in [0, 0.1) is 0 Å². The summed E-state index contributed by atoms with van der Waals surface area (Å²) in [4.78, 5) is 43.4. The van der Waals surface area contributed by atoms with E-state index in [9.17, 15) is 14.4 Å². The van der Waals surface area contributed by atoms with Crippen molar-refractivity contribution in [2.75, 3.05) is 13.7 Å². The fourth-order valence-corrected chi connectivity index (χ4v) is 5.50. The number of carbonyl (C=O) groups is 2. The second-order valence-corrected chi connectivity index (χ2v) is 9.92. The van der Waals surface area contributed by atoms with Crippen LogP contribution < -0.4 is 19.6 Å². The van der Waals surface area contributed by atoms with Crippen molar-refractivity contribution in [3.63, 3.8) is 0 Å². The molecule has 0 saturated carbocycles. The highest BCUT2D eigenvalue weighted by Gasteiger charge is 2.33. The molecule has 0 unspecified atom stereocenters. The van der Waals surface area contributed by atoms with E-state index in [2.05, 4.69) is 4.99 Å². The van der Waals surface area contributed by atoms with Gasteiger partial charge in [-0.25, -0.2) is 9.79 Å². The largest absolute Gasteiger partial charge is 0.497 e. The minimum absolute atomic E-state index is 0.00801. The average Bonchev–Trinajstić information content (AvgIpc) is 3.52. The van der Waals surface area contributed by atoms with Crippen LogP contribution >= 0.6 is 11.3 Å². The fourth-order valence-electron chi connectivity index (χ4n) is 4.48. The van der Waals surface area contributed by atoms with Crippen molar-refractivity contribution >= 4 is 29.2 Å². The Morgan fingerprint density at radius 2 is 1.79 bits per heavy atom. The quantitative estimate of drug-likeness (QED) is 0.255. The van der Waals surface area contributed by atoms with Crippen molar-refractivity contribution in [2.45, 2.75) is 26.8 Å². The molecule has 2 aromatic heterocycles. The molecule has 4 aromatic rings. The van der Waals surface area contributed by atoms with Crippen LogP contribution in [0.5, 0.6) is 5.75 Å². The van der Waals surface area contributed by atoms with E-state index in [1.807, 2.05) is 30.3 Å². The highest BCUT2D eigenvalue weighted by Crippen LogP contribution is 2.31. The van der Waals surface area contributed by atoms with Crippen LogP contribution in [0.2, 0.25) is 0 Å². The standard InChI is InChI=1S/C30H26N2O6S/c1-5-37-29(35)26-17(2)31-30-32(27(26)21-10-12-22(36-4)13-11-21)28(34)25(39-30)16-23-14-15-24(38-23)20-8-6-19(7-9-20)18(3)33/h6-16,27H,5H2,1-4H3/b25-16+/t27-/m1/s1. The zero-order chi connectivity index (χ0) is 27.7. The van der Waals surface area contributed by atoms with E-state index in [4.69, 9.17) is 13.9 Å². The lowest BCUT2D eigenvalue weighted by atomic mass is 9.96. The molecule has 8 nitrogen and oxygen atoms in total. The van der Waals surface area contributed by atoms with Crippen molar-refractivity contribution < 1.29 is 23.5 Å². The van der Waals surface area contributed by atoms with Crippen LogP contribution in [0.3, 0.4) is 0 Å². The number of benzene rings is 2. The van der Waals surface area contributed by atoms with Crippen LogP contribution in [-0.2, 0) is 9.53 Å². The fraction of sp³-hybridized carbons (Fsp3) is 0.200. The van der Waals surface area contributed by atoms with Crippen molar-refractivity contribution in [1.82, 2.24) is 4.57 Å². The maximum Gasteiger partial charge on any atom is 0.338 e. The van der Waals surface area contributed by atoms with Gasteiger partial charge in [0.2, 0.25) is 0 Å². The molecule has 0 fully saturated rings. The first-order valence-electron chi connectivity index (χ1n) is 12.4. The van der Waals surface area contributed by atoms with Crippen molar-refractivity contribution in [1.29, 1.82) is 0 Å². The molecule has 0 aliphatic carbocycles. The number of allylic oxidation sites excluding steroid dienone is 1. The van der Waals surface area contributed by atoms with Gasteiger partial charge in [-0.15, -0.1) is 0 Å². The van der Waals surface area contributed by atoms with E-state index >= 15 is 0 Å². The predicted molar refractivity (Wildman–Crippen MR) is 148 cm³/mol. The Hall–Kier alpha value is -4.50. The highest BCUT2D eigenvalue weighted by atomic mass is 32.1. The summed E-state index contributed by atoms with van der Waals surface area (Å²) in [6.07, 6.45) is 1.67. The Labute approximate surface area is 228 Å². The number of rotatable bonds is 7. The summed E-state index contributed by atoms with van der Waals surface area (Å²) < 4.78 is 18.6. The first-order valence-corrected chi connectivity index (χ1v) is 13.2. The lowest BCUT2D eigenvalue weighted by molar-refractivity contribution is -0.139. The van der Waals surface area contributed by atoms with Gasteiger partial charge in [-0.2, -0.15) is 0 Å². The van der Waals surface area contributed by atoms with Crippen molar-refractivity contribution in [3.05, 3.63) is 109 Å². The first kappa shape index (κ1) is 26.1. The molecule has 198 valence electrons. The third-order valence-electron chi connectivity index (χ3n) is 6.42. The van der Waals surface area contributed by atoms with E-state index in [-0.39, 0.29) is 17.9 Å². The number of ketones is 1. The number of ether oxygens (including phenoxy) is 2. The second-order valence-electron chi connectivity index (χ2n) is 8.91. The van der Waals surface area contributed by atoms with Gasteiger partial charge in [-0.1, -0.05) is 47.7 Å². The Morgan fingerprint density at radius 1 is 1.08 bits per heavy atom. The molecule has 1 atom stereocenters. The van der Waals surface area contributed by atoms with Crippen LogP contribution in [0.4, 0.5) is 0 Å². The summed E-state index contributed by atoms with van der Waals surface area (Å²) in [5.41, 5.74) is 2.69. The maximum atomic E-state index is 13.7. The zero-order valence-electron chi connectivity index (χ0n) is 21.9. The molecule has 5 rings (SSSR count). The molecule has 0 radical (unpaired) electrons. The van der Waals surface area contributed by atoms with Gasteiger partial charge >= 0.3 is 5.97 Å². The minimum Gasteiger partial charge on any atom is -0.497 e. The van der Waals surface area contributed by atoms with Gasteiger partial charge in [0.15, 0.2) is 10.6 Å². The lowest BCUT2D eigenvalue weighted by Gasteiger charge is -2.24. The highest BCUT2D eigenvalue weighted by molar-refractivity contribution is 7.07. The van der Waals surface area contributed by atoms with Gasteiger partial charge in [0.25, 0.3) is 5.56 Å². The summed E-state index contributed by atoms with van der Waals surface area (Å²) in [5, 5.41) is 0. The monoisotopic (exact) mass is 542 g/mol. The third-order valence-corrected chi connectivity index (χ3v) is 7.41. The van der Waals surface area contributed by atoms with E-state index in [1.54, 1.807) is 57.4 Å². The molecule has 0 N–H and O–H groups in total. The maximum absolute atomic E-state index is 13.7. The molecule has 39 heavy (non-hydrogen) atoms. The smallest absolute Gasteiger partial charge is 0.338 e. The number of carbonyl (C=O) groups excluding carboxylic acids is 2. The second kappa shape index (κ2) is 10.7. The summed E-state index contributed by atoms with van der Waals surface area (Å²) >= 11 is 1.22. The van der Waals surface area contributed by atoms with Crippen LogP contribution in [0.25, 0.3) is 17.4 Å². The van der Waals surface area contributed by atoms with Crippen molar-refractivity contribution in [2.24, 2.45) is 4.99 Å². The van der Waals surface area contributed by atoms with Crippen LogP contribution in [0.15, 0.2) is 86.1 Å². The van der Waals surface area contributed by atoms with Crippen LogP contribution in [0.1, 0.15) is 48.5 Å². The topological polar surface area (TPSA) is 100 Å². The van der Waals surface area contributed by atoms with Crippen LogP contribution in [-0.4, -0.2) is 30.0 Å². The molecule has 0 bridgehead atoms. The minimum atomic E-state index is -0.708. The van der Waals surface area contributed by atoms with E-state index in [0.717, 1.165) is 11.1 Å². The van der Waals surface area contributed by atoms with Gasteiger partial charge < -0.3 is 13.9 Å². The Bertz CT molecular complexity index is 1770. The predicted octanol–water partition coefficient (Wildman–Crippen LogP) is 4.27. The number of aromatic nitrogens is 1. The Morgan fingerprint density at radius 3 is 2.44 bits per heavy atom. The molecule has 1 aliphatic rings. The first-order chi connectivity index (χ1) is 18.8. The molecule has 3 heterocycles. The zero-order valence-corrected chi connectivity index (χ0v) is 22.7. The molecular formula is C30H26N2O6S. The molecule has 9 heteroatoms. The molecule has 2 aromatic carbocycles. The number of esters is 1. The Balaban J connectivity index is 1.59. The number of hydrogen-bond acceptors (Lipinski definition) is 8.